The number of allylic oxidation sites excluding steroid dienone is 1. The molecule has 0 aromatic heterocycles. The molecule has 0 N–H and O–H groups in total. The average Bonchev–Trinajstić information content (AvgIpc) is 1.82. The monoisotopic (exact) mass is 212 g/mol. The number of alkyl halides is 5. The molecule has 0 aromatic carbocycles. The van der Waals surface area contributed by atoms with Crippen LogP contribution in [0, 0.1) is 0 Å². The summed E-state index contributed by atoms with van der Waals surface area (Å²) in [5.74, 6) is -9.30. The first-order valence-corrected chi connectivity index (χ1v) is 2.51. The maximum Gasteiger partial charge on any atom is 0.461 e. The van der Waals surface area contributed by atoms with Crippen molar-refractivity contribution in [1.29, 1.82) is 0 Å². The van der Waals surface area contributed by atoms with E-state index in [9.17, 15) is 35.1 Å². The van der Waals surface area contributed by atoms with E-state index < -0.39 is 24.0 Å². The fourth-order valence-corrected chi connectivity index (χ4v) is 0.286. The van der Waals surface area contributed by atoms with E-state index in [0.29, 0.717) is 0 Å². The van der Waals surface area contributed by atoms with Crippen molar-refractivity contribution in [2.75, 3.05) is 0 Å². The molecule has 0 rings (SSSR count). The molecule has 0 aromatic rings. The van der Waals surface area contributed by atoms with E-state index in [1.54, 1.807) is 0 Å². The minimum Gasteiger partial charge on any atom is -0.195 e. The van der Waals surface area contributed by atoms with Crippen LogP contribution in [0.4, 0.5) is 35.1 Å². The summed E-state index contributed by atoms with van der Waals surface area (Å²) in [7, 11) is 0. The second-order valence-corrected chi connectivity index (χ2v) is 1.77. The third-order valence-corrected chi connectivity index (χ3v) is 0.836. The van der Waals surface area contributed by atoms with Gasteiger partial charge in [-0.25, -0.2) is 0 Å². The Labute approximate surface area is 66.1 Å². The van der Waals surface area contributed by atoms with Crippen molar-refractivity contribution >= 4 is 0 Å². The first kappa shape index (κ1) is 12.0. The zero-order valence-corrected chi connectivity index (χ0v) is 5.52. The molecular weight excluding hydrogens is 212 g/mol. The van der Waals surface area contributed by atoms with Crippen molar-refractivity contribution in [2.45, 2.75) is 12.1 Å². The van der Waals surface area contributed by atoms with E-state index in [2.05, 4.69) is 0 Å². The molecule has 0 atom stereocenters. The maximum atomic E-state index is 11.8. The lowest BCUT2D eigenvalue weighted by Crippen LogP contribution is -2.36. The second-order valence-electron chi connectivity index (χ2n) is 1.77. The minimum absolute atomic E-state index is 0.0472. The van der Waals surface area contributed by atoms with Crippen LogP contribution in [0.3, 0.4) is 0 Å². The van der Waals surface area contributed by atoms with Gasteiger partial charge in [-0.05, 0) is 5.73 Å². The Morgan fingerprint density at radius 2 is 1.23 bits per heavy atom. The lowest BCUT2D eigenvalue weighted by atomic mass is 10.3. The van der Waals surface area contributed by atoms with Gasteiger partial charge >= 0.3 is 18.2 Å². The Kier molecular flexibility index (Phi) is 3.10. The van der Waals surface area contributed by atoms with Crippen LogP contribution in [-0.2, 0) is 0 Å². The third kappa shape index (κ3) is 2.73. The van der Waals surface area contributed by atoms with Gasteiger partial charge < -0.3 is 0 Å². The van der Waals surface area contributed by atoms with Gasteiger partial charge in [-0.15, -0.1) is 0 Å². The van der Waals surface area contributed by atoms with Crippen LogP contribution in [0.5, 0.6) is 0 Å². The van der Waals surface area contributed by atoms with Gasteiger partial charge in [0.1, 0.15) is 0 Å². The smallest absolute Gasteiger partial charge is 0.195 e. The van der Waals surface area contributed by atoms with E-state index in [0.717, 1.165) is 0 Å². The van der Waals surface area contributed by atoms with Crippen molar-refractivity contribution in [2.24, 2.45) is 0 Å². The van der Waals surface area contributed by atoms with E-state index in [-0.39, 0.29) is 5.73 Å². The Morgan fingerprint density at radius 1 is 0.846 bits per heavy atom. The van der Waals surface area contributed by atoms with Crippen molar-refractivity contribution in [3.63, 3.8) is 0 Å². The Morgan fingerprint density at radius 3 is 1.46 bits per heavy atom. The molecule has 0 saturated heterocycles. The molecule has 0 aliphatic rings. The summed E-state index contributed by atoms with van der Waals surface area (Å²) >= 11 is 0. The Hall–Kier alpha value is -1.04. The number of hydrogen-bond donors (Lipinski definition) is 0. The van der Waals surface area contributed by atoms with Gasteiger partial charge in [-0.3, -0.25) is 0 Å². The van der Waals surface area contributed by atoms with Gasteiger partial charge in [0.15, 0.2) is 0 Å². The van der Waals surface area contributed by atoms with Crippen LogP contribution >= 0.6 is 0 Å². The van der Waals surface area contributed by atoms with E-state index >= 15 is 0 Å². The Balaban J connectivity index is 5.21. The van der Waals surface area contributed by atoms with Gasteiger partial charge in [0.2, 0.25) is 5.83 Å². The minimum atomic E-state index is -6.25. The number of halogens is 8. The Bertz CT molecular complexity index is 248. The SMILES string of the molecule is FC(F)=C=C(F)C(F)(F)C(F)(F)F. The van der Waals surface area contributed by atoms with Crippen LogP contribution in [0.15, 0.2) is 17.6 Å². The number of hydrogen-bond acceptors (Lipinski definition) is 0. The molecule has 0 bridgehead atoms. The van der Waals surface area contributed by atoms with Crippen molar-refractivity contribution in [1.82, 2.24) is 0 Å². The molecule has 13 heavy (non-hydrogen) atoms. The summed E-state index contributed by atoms with van der Waals surface area (Å²) in [5.41, 5.74) is -0.0472. The summed E-state index contributed by atoms with van der Waals surface area (Å²) < 4.78 is 91.0. The molecule has 0 heterocycles. The number of rotatable bonds is 1. The standard InChI is InChI=1S/C5F8/c6-2(1-3(7)8)4(9,10)5(11,12)13. The summed E-state index contributed by atoms with van der Waals surface area (Å²) in [6.45, 7) is 0. The molecule has 0 radical (unpaired) electrons. The molecule has 0 spiro atoms. The molecule has 0 aliphatic carbocycles. The predicted octanol–water partition coefficient (Wildman–Crippen LogP) is 3.42. The topological polar surface area (TPSA) is 0 Å². The molecular formula is C5F8. The van der Waals surface area contributed by atoms with Crippen molar-refractivity contribution in [3.8, 4) is 0 Å². The summed E-state index contributed by atoms with van der Waals surface area (Å²) in [5, 5.41) is 0. The van der Waals surface area contributed by atoms with E-state index in [4.69, 9.17) is 0 Å². The van der Waals surface area contributed by atoms with Crippen molar-refractivity contribution in [3.05, 3.63) is 17.6 Å². The quantitative estimate of drug-likeness (QED) is 0.461. The summed E-state index contributed by atoms with van der Waals surface area (Å²) in [4.78, 5) is 0. The predicted molar refractivity (Wildman–Crippen MR) is 24.9 cm³/mol. The van der Waals surface area contributed by atoms with Crippen LogP contribution in [0.25, 0.3) is 0 Å². The molecule has 0 saturated carbocycles. The third-order valence-electron chi connectivity index (χ3n) is 0.836. The highest BCUT2D eigenvalue weighted by molar-refractivity contribution is 5.07. The highest BCUT2D eigenvalue weighted by atomic mass is 19.4. The first-order chi connectivity index (χ1) is 5.59. The first-order valence-electron chi connectivity index (χ1n) is 2.51. The summed E-state index contributed by atoms with van der Waals surface area (Å²) in [6.07, 6.45) is -9.35. The highest BCUT2D eigenvalue weighted by Crippen LogP contribution is 2.41. The van der Waals surface area contributed by atoms with Gasteiger partial charge in [0.25, 0.3) is 0 Å². The van der Waals surface area contributed by atoms with E-state index in [1.165, 1.54) is 0 Å². The zero-order valence-electron chi connectivity index (χ0n) is 5.52. The van der Waals surface area contributed by atoms with Crippen LogP contribution in [0.1, 0.15) is 0 Å². The molecule has 8 heteroatoms. The van der Waals surface area contributed by atoms with Crippen LogP contribution in [0.2, 0.25) is 0 Å². The highest BCUT2D eigenvalue weighted by Gasteiger charge is 2.61. The fourth-order valence-electron chi connectivity index (χ4n) is 0.286. The molecule has 0 nitrogen and oxygen atoms in total. The summed E-state index contributed by atoms with van der Waals surface area (Å²) in [6, 6.07) is 0. The second kappa shape index (κ2) is 3.37. The lowest BCUT2D eigenvalue weighted by Gasteiger charge is -2.15. The van der Waals surface area contributed by atoms with Gasteiger partial charge in [0, 0.05) is 0 Å². The van der Waals surface area contributed by atoms with Crippen LogP contribution in [-0.4, -0.2) is 12.1 Å². The largest absolute Gasteiger partial charge is 0.461 e. The van der Waals surface area contributed by atoms with E-state index in [1.807, 2.05) is 0 Å². The molecule has 76 valence electrons. The van der Waals surface area contributed by atoms with Gasteiger partial charge in [0.05, 0.1) is 0 Å². The average molecular weight is 212 g/mol. The fraction of sp³-hybridized carbons (Fsp3) is 0.400. The maximum absolute atomic E-state index is 11.8. The van der Waals surface area contributed by atoms with Crippen molar-refractivity contribution < 1.29 is 35.1 Å². The molecule has 0 aliphatic heterocycles. The molecule has 0 fully saturated rings. The normalized spacial score (nSPS) is 12.3. The van der Waals surface area contributed by atoms with Gasteiger partial charge in [-0.1, -0.05) is 0 Å². The zero-order chi connectivity index (χ0) is 10.9. The van der Waals surface area contributed by atoms with Crippen LogP contribution < -0.4 is 0 Å². The lowest BCUT2D eigenvalue weighted by molar-refractivity contribution is -0.270. The van der Waals surface area contributed by atoms with Gasteiger partial charge in [-0.2, -0.15) is 35.1 Å². The molecule has 0 amide bonds. The molecule has 0 unspecified atom stereocenters.